The molecule has 3 rings (SSSR count). The summed E-state index contributed by atoms with van der Waals surface area (Å²) >= 11 is 3.38. The fourth-order valence-electron chi connectivity index (χ4n) is 3.12. The number of amides is 1. The van der Waals surface area contributed by atoms with Gasteiger partial charge in [-0.1, -0.05) is 19.1 Å². The number of nitrogens with one attached hydrogen (secondary N) is 1. The molecule has 1 amide bonds. The number of halogens is 4. The van der Waals surface area contributed by atoms with Crippen molar-refractivity contribution in [2.24, 2.45) is 5.92 Å². The predicted octanol–water partition coefficient (Wildman–Crippen LogP) is 4.38. The number of hydrogen-bond donors (Lipinski definition) is 1. The lowest BCUT2D eigenvalue weighted by Crippen LogP contribution is -2.38. The summed E-state index contributed by atoms with van der Waals surface area (Å²) in [5.41, 5.74) is 0.459. The fourth-order valence-corrected chi connectivity index (χ4v) is 3.44. The van der Waals surface area contributed by atoms with Crippen LogP contribution in [-0.2, 0) is 4.74 Å². The van der Waals surface area contributed by atoms with E-state index in [1.165, 1.54) is 18.3 Å². The molecule has 29 heavy (non-hydrogen) atoms. The van der Waals surface area contributed by atoms with Gasteiger partial charge >= 0.3 is 6.18 Å². The lowest BCUT2D eigenvalue weighted by atomic mass is 10.0. The fraction of sp³-hybridized carbons (Fsp3) is 0.400. The first kappa shape index (κ1) is 21.6. The van der Waals surface area contributed by atoms with Crippen LogP contribution in [0.15, 0.2) is 52.3 Å². The summed E-state index contributed by atoms with van der Waals surface area (Å²) in [5.74, 6) is -0.635. The Balaban J connectivity index is 1.84. The molecule has 156 valence electrons. The summed E-state index contributed by atoms with van der Waals surface area (Å²) in [5, 5.41) is 2.71. The molecular weight excluding hydrogens is 451 g/mol. The van der Waals surface area contributed by atoms with Crippen molar-refractivity contribution in [3.05, 3.63) is 58.0 Å². The van der Waals surface area contributed by atoms with Gasteiger partial charge in [-0.15, -0.1) is 0 Å². The number of aromatic nitrogens is 1. The molecule has 1 aromatic rings. The molecule has 0 aromatic carbocycles. The van der Waals surface area contributed by atoms with Crippen LogP contribution in [0.5, 0.6) is 0 Å². The topological polar surface area (TPSA) is 54.5 Å². The first-order valence-electron chi connectivity index (χ1n) is 9.21. The number of allylic oxidation sites excluding steroid dienone is 5. The number of pyridine rings is 1. The van der Waals surface area contributed by atoms with Crippen LogP contribution in [0.1, 0.15) is 23.8 Å². The van der Waals surface area contributed by atoms with Crippen molar-refractivity contribution in [1.29, 1.82) is 0 Å². The summed E-state index contributed by atoms with van der Waals surface area (Å²) in [4.78, 5) is 19.2. The molecule has 1 saturated heterocycles. The van der Waals surface area contributed by atoms with Gasteiger partial charge in [-0.3, -0.25) is 4.79 Å². The average Bonchev–Trinajstić information content (AvgIpc) is 2.65. The second-order valence-corrected chi connectivity index (χ2v) is 7.82. The number of hydrogen-bond acceptors (Lipinski definition) is 4. The van der Waals surface area contributed by atoms with Crippen LogP contribution in [0.3, 0.4) is 0 Å². The first-order chi connectivity index (χ1) is 13.7. The predicted molar refractivity (Wildman–Crippen MR) is 108 cm³/mol. The molecule has 1 atom stereocenters. The van der Waals surface area contributed by atoms with Gasteiger partial charge in [0.15, 0.2) is 5.69 Å². The number of ether oxygens (including phenoxy) is 1. The van der Waals surface area contributed by atoms with Gasteiger partial charge in [-0.05, 0) is 46.5 Å². The third-order valence-electron chi connectivity index (χ3n) is 4.60. The monoisotopic (exact) mass is 471 g/mol. The second-order valence-electron chi connectivity index (χ2n) is 6.90. The van der Waals surface area contributed by atoms with E-state index in [1.54, 1.807) is 13.0 Å². The van der Waals surface area contributed by atoms with Crippen molar-refractivity contribution in [1.82, 2.24) is 10.3 Å². The summed E-state index contributed by atoms with van der Waals surface area (Å²) in [6, 6.07) is 1.81. The van der Waals surface area contributed by atoms with Crippen LogP contribution in [-0.4, -0.2) is 43.4 Å². The van der Waals surface area contributed by atoms with Crippen LogP contribution in [0.25, 0.3) is 0 Å². The quantitative estimate of drug-likeness (QED) is 0.710. The summed E-state index contributed by atoms with van der Waals surface area (Å²) in [6.45, 7) is 4.14. The SMILES string of the molecule is C[C@H]1C=C(NC(=O)c2ncc(Br)cc2N2CCOCC2)C=CC(C(F)(F)F)=CC1. The van der Waals surface area contributed by atoms with Gasteiger partial charge in [0.1, 0.15) is 0 Å². The summed E-state index contributed by atoms with van der Waals surface area (Å²) < 4.78 is 45.3. The van der Waals surface area contributed by atoms with Crippen molar-refractivity contribution >= 4 is 27.5 Å². The molecule has 0 saturated carbocycles. The molecule has 2 aliphatic rings. The highest BCUT2D eigenvalue weighted by atomic mass is 79.9. The van der Waals surface area contributed by atoms with Crippen molar-refractivity contribution in [3.8, 4) is 0 Å². The van der Waals surface area contributed by atoms with Crippen LogP contribution < -0.4 is 10.2 Å². The maximum absolute atomic E-state index is 13.1. The van der Waals surface area contributed by atoms with E-state index in [0.717, 1.165) is 10.5 Å². The minimum absolute atomic E-state index is 0.163. The van der Waals surface area contributed by atoms with E-state index >= 15 is 0 Å². The highest BCUT2D eigenvalue weighted by Crippen LogP contribution is 2.29. The summed E-state index contributed by atoms with van der Waals surface area (Å²) in [7, 11) is 0. The van der Waals surface area contributed by atoms with Gasteiger partial charge in [0, 0.05) is 29.5 Å². The van der Waals surface area contributed by atoms with E-state index in [0.29, 0.717) is 37.7 Å². The Morgan fingerprint density at radius 2 is 2.03 bits per heavy atom. The van der Waals surface area contributed by atoms with Gasteiger partial charge < -0.3 is 15.0 Å². The molecule has 2 heterocycles. The normalized spacial score (nSPS) is 20.4. The van der Waals surface area contributed by atoms with E-state index in [-0.39, 0.29) is 18.0 Å². The van der Waals surface area contributed by atoms with E-state index in [1.807, 2.05) is 11.0 Å². The van der Waals surface area contributed by atoms with Crippen LogP contribution in [0.2, 0.25) is 0 Å². The zero-order valence-electron chi connectivity index (χ0n) is 15.8. The molecule has 1 N–H and O–H groups in total. The maximum atomic E-state index is 13.1. The molecule has 5 nitrogen and oxygen atoms in total. The highest BCUT2D eigenvalue weighted by Gasteiger charge is 2.32. The summed E-state index contributed by atoms with van der Waals surface area (Å²) in [6.07, 6.45) is 2.49. The standard InChI is InChI=1S/C20H21BrF3N3O2/c1-13-2-3-14(20(22,23)24)4-5-16(10-13)26-19(28)18-17(11-15(21)12-25-18)27-6-8-29-9-7-27/h3-5,10-13H,2,6-9H2,1H3,(H,26,28)/t13-/m1/s1. The Bertz CT molecular complexity index is 859. The van der Waals surface area contributed by atoms with E-state index < -0.39 is 17.7 Å². The van der Waals surface area contributed by atoms with Crippen molar-refractivity contribution in [2.75, 3.05) is 31.2 Å². The third-order valence-corrected chi connectivity index (χ3v) is 5.04. The van der Waals surface area contributed by atoms with Crippen LogP contribution in [0, 0.1) is 5.92 Å². The number of carbonyl (C=O) groups excluding carboxylic acids is 1. The maximum Gasteiger partial charge on any atom is 0.416 e. The zero-order chi connectivity index (χ0) is 21.0. The van der Waals surface area contributed by atoms with Crippen LogP contribution in [0.4, 0.5) is 18.9 Å². The number of rotatable bonds is 3. The van der Waals surface area contributed by atoms with Crippen molar-refractivity contribution < 1.29 is 22.7 Å². The minimum Gasteiger partial charge on any atom is -0.378 e. The largest absolute Gasteiger partial charge is 0.416 e. The van der Waals surface area contributed by atoms with Gasteiger partial charge in [-0.25, -0.2) is 4.98 Å². The molecule has 0 unspecified atom stereocenters. The number of nitrogens with zero attached hydrogens (tertiary/aromatic N) is 2. The smallest absolute Gasteiger partial charge is 0.378 e. The zero-order valence-corrected chi connectivity index (χ0v) is 17.4. The molecule has 1 aromatic heterocycles. The van der Waals surface area contributed by atoms with E-state index in [9.17, 15) is 18.0 Å². The molecule has 1 aliphatic carbocycles. The van der Waals surface area contributed by atoms with Crippen molar-refractivity contribution in [3.63, 3.8) is 0 Å². The lowest BCUT2D eigenvalue weighted by molar-refractivity contribution is -0.0884. The Hall–Kier alpha value is -2.13. The first-order valence-corrected chi connectivity index (χ1v) is 10.00. The molecule has 0 radical (unpaired) electrons. The molecule has 0 bridgehead atoms. The van der Waals surface area contributed by atoms with E-state index in [2.05, 4.69) is 26.2 Å². The molecule has 0 spiro atoms. The van der Waals surface area contributed by atoms with Gasteiger partial charge in [0.25, 0.3) is 5.91 Å². The number of morpholine rings is 1. The number of carbonyl (C=O) groups is 1. The number of anilines is 1. The highest BCUT2D eigenvalue weighted by molar-refractivity contribution is 9.10. The lowest BCUT2D eigenvalue weighted by Gasteiger charge is -2.30. The molecular formula is C20H21BrF3N3O2. The van der Waals surface area contributed by atoms with Gasteiger partial charge in [-0.2, -0.15) is 13.2 Å². The van der Waals surface area contributed by atoms with E-state index in [4.69, 9.17) is 4.74 Å². The molecule has 1 fully saturated rings. The van der Waals surface area contributed by atoms with Gasteiger partial charge in [0.05, 0.1) is 24.5 Å². The Morgan fingerprint density at radius 1 is 1.31 bits per heavy atom. The Morgan fingerprint density at radius 3 is 2.72 bits per heavy atom. The van der Waals surface area contributed by atoms with Crippen molar-refractivity contribution in [2.45, 2.75) is 19.5 Å². The van der Waals surface area contributed by atoms with Gasteiger partial charge in [0.2, 0.25) is 0 Å². The second kappa shape index (κ2) is 9.13. The molecule has 9 heteroatoms. The Labute approximate surface area is 175 Å². The molecule has 1 aliphatic heterocycles. The minimum atomic E-state index is -4.43. The third kappa shape index (κ3) is 5.70. The average molecular weight is 472 g/mol. The van der Waals surface area contributed by atoms with Crippen LogP contribution >= 0.6 is 15.9 Å². The number of alkyl halides is 3. The Kier molecular flexibility index (Phi) is 6.79.